The fourth-order valence-electron chi connectivity index (χ4n) is 10.8. The van der Waals surface area contributed by atoms with Crippen molar-refractivity contribution < 1.29 is 181 Å². The molecule has 2 aromatic carbocycles. The van der Waals surface area contributed by atoms with Crippen molar-refractivity contribution in [1.29, 1.82) is 0 Å². The molecule has 2 atom stereocenters. The topological polar surface area (TPSA) is 525 Å². The van der Waals surface area contributed by atoms with E-state index in [-0.39, 0.29) is 233 Å². The Bertz CT molecular complexity index is 3130. The number of rotatable bonds is 99. The van der Waals surface area contributed by atoms with Gasteiger partial charge in [-0.3, -0.25) is 38.4 Å². The molecule has 140 heavy (non-hydrogen) atoms. The lowest BCUT2D eigenvalue weighted by Crippen LogP contribution is -2.64. The van der Waals surface area contributed by atoms with E-state index in [0.717, 1.165) is 0 Å². The minimum Gasteiger partial charge on any atom is -0.460 e. The van der Waals surface area contributed by atoms with Crippen LogP contribution in [0.4, 0.5) is 9.59 Å². The summed E-state index contributed by atoms with van der Waals surface area (Å²) < 4.78 is 153. The van der Waals surface area contributed by atoms with E-state index in [9.17, 15) is 47.9 Å². The van der Waals surface area contributed by atoms with Gasteiger partial charge in [0.1, 0.15) is 36.5 Å². The molecule has 0 radical (unpaired) electrons. The van der Waals surface area contributed by atoms with Crippen LogP contribution in [0.2, 0.25) is 0 Å². The van der Waals surface area contributed by atoms with Crippen molar-refractivity contribution in [3.8, 4) is 0 Å². The Morgan fingerprint density at radius 3 is 0.564 bits per heavy atom. The van der Waals surface area contributed by atoms with Gasteiger partial charge in [-0.25, -0.2) is 9.59 Å². The predicted molar refractivity (Wildman–Crippen MR) is 504 cm³/mol. The lowest BCUT2D eigenvalue weighted by molar-refractivity contribution is -0.157. The van der Waals surface area contributed by atoms with Crippen LogP contribution in [0.3, 0.4) is 0 Å². The highest BCUT2D eigenvalue weighted by Crippen LogP contribution is 2.11. The summed E-state index contributed by atoms with van der Waals surface area (Å²) in [5.41, 5.74) is 0.272. The number of alkyl carbamates (subject to hydrolysis) is 2. The monoisotopic (exact) mass is 2010 g/mol. The molecule has 46 nitrogen and oxygen atoms in total. The van der Waals surface area contributed by atoms with E-state index in [1.807, 2.05) is 41.5 Å². The summed E-state index contributed by atoms with van der Waals surface area (Å²) in [5.74, 6) is -2.97. The molecule has 0 saturated carbocycles. The van der Waals surface area contributed by atoms with E-state index < -0.39 is 47.3 Å². The fraction of sp³-hybridized carbons (Fsp3) is 0.766. The molecule has 0 fully saturated rings. The second kappa shape index (κ2) is 93.1. The van der Waals surface area contributed by atoms with Crippen molar-refractivity contribution in [2.75, 3.05) is 356 Å². The second-order valence-corrected chi connectivity index (χ2v) is 31.7. The van der Waals surface area contributed by atoms with Crippen molar-refractivity contribution in [1.82, 2.24) is 42.5 Å². The minimum atomic E-state index is -1.73. The number of carbonyl (C=O) groups is 10. The summed E-state index contributed by atoms with van der Waals surface area (Å²) in [4.78, 5) is 127. The van der Waals surface area contributed by atoms with Gasteiger partial charge in [0.05, 0.1) is 330 Å². The van der Waals surface area contributed by atoms with Crippen molar-refractivity contribution in [2.45, 2.75) is 117 Å². The largest absolute Gasteiger partial charge is 0.460 e. The number of benzene rings is 2. The molecule has 806 valence electrons. The molecular weight excluding hydrogens is 1850 g/mol. The number of carbonyl (C=O) groups excluding carboxylic acids is 10. The van der Waals surface area contributed by atoms with Gasteiger partial charge < -0.3 is 175 Å². The van der Waals surface area contributed by atoms with Crippen LogP contribution >= 0.6 is 0 Å². The van der Waals surface area contributed by atoms with Crippen LogP contribution in [0.25, 0.3) is 0 Å². The van der Waals surface area contributed by atoms with E-state index in [2.05, 4.69) is 42.5 Å². The van der Waals surface area contributed by atoms with E-state index in [1.54, 1.807) is 60.7 Å². The van der Waals surface area contributed by atoms with Gasteiger partial charge in [-0.1, -0.05) is 60.7 Å². The average molecular weight is 2010 g/mol. The van der Waals surface area contributed by atoms with E-state index >= 15 is 0 Å². The third-order valence-corrected chi connectivity index (χ3v) is 17.6. The highest BCUT2D eigenvalue weighted by molar-refractivity contribution is 5.96. The fourth-order valence-corrected chi connectivity index (χ4v) is 10.8. The molecule has 2 rings (SSSR count). The molecule has 0 aromatic heterocycles. The van der Waals surface area contributed by atoms with Crippen molar-refractivity contribution in [2.24, 2.45) is 0 Å². The summed E-state index contributed by atoms with van der Waals surface area (Å²) in [5, 5.41) is 21.3. The van der Waals surface area contributed by atoms with Crippen LogP contribution in [0.5, 0.6) is 0 Å². The maximum atomic E-state index is 14.0. The maximum absolute atomic E-state index is 14.0. The minimum absolute atomic E-state index is 0.00412. The maximum Gasteiger partial charge on any atom is 0.408 e. The van der Waals surface area contributed by atoms with E-state index in [4.69, 9.17) is 133 Å². The van der Waals surface area contributed by atoms with Crippen molar-refractivity contribution >= 4 is 59.6 Å². The molecule has 2 aromatic rings. The molecule has 8 amide bonds. The Balaban J connectivity index is 1.47. The molecule has 8 N–H and O–H groups in total. The van der Waals surface area contributed by atoms with Gasteiger partial charge in [-0.15, -0.1) is 0 Å². The Labute approximate surface area is 824 Å². The summed E-state index contributed by atoms with van der Waals surface area (Å²) in [7, 11) is 0. The molecule has 0 unspecified atom stereocenters. The molecule has 0 saturated heterocycles. The Kier molecular flexibility index (Phi) is 85.1. The first-order valence-electron chi connectivity index (χ1n) is 48.0. The lowest BCUT2D eigenvalue weighted by Gasteiger charge is -2.27. The predicted octanol–water partition coefficient (Wildman–Crippen LogP) is 1.70. The van der Waals surface area contributed by atoms with Gasteiger partial charge in [0.15, 0.2) is 0 Å². The number of esters is 2. The van der Waals surface area contributed by atoms with Crippen LogP contribution in [0, 0.1) is 0 Å². The number of hydrogen-bond acceptors (Lipinski definition) is 38. The quantitative estimate of drug-likeness (QED) is 0.0265. The zero-order valence-corrected chi connectivity index (χ0v) is 83.3. The molecule has 0 aliphatic rings. The van der Waals surface area contributed by atoms with Crippen LogP contribution in [-0.2, 0) is 184 Å². The lowest BCUT2D eigenvalue weighted by atomic mass is 10.1. The first-order valence-corrected chi connectivity index (χ1v) is 48.0. The third-order valence-electron chi connectivity index (χ3n) is 17.6. The molecule has 46 heteroatoms. The molecule has 0 aliphatic carbocycles. The van der Waals surface area contributed by atoms with Gasteiger partial charge in [-0.2, -0.15) is 0 Å². The van der Waals surface area contributed by atoms with Crippen LogP contribution in [0.1, 0.15) is 91.2 Å². The number of nitrogens with one attached hydrogen (secondary N) is 8. The Morgan fingerprint density at radius 2 is 0.379 bits per heavy atom. The Morgan fingerprint density at radius 1 is 0.214 bits per heavy atom. The number of hydrogen-bond donors (Lipinski definition) is 8. The first kappa shape index (κ1) is 128. The zero-order valence-electron chi connectivity index (χ0n) is 83.3. The van der Waals surface area contributed by atoms with Gasteiger partial charge in [0, 0.05) is 65.0 Å². The van der Waals surface area contributed by atoms with Gasteiger partial charge in [0.25, 0.3) is 0 Å². The standard InChI is InChI=1S/C94H162N8O38/c1-93(2,3)139-85(107)21-33-117-45-57-129-69-75-133-61-49-121-37-25-97-81(103)17-29-113-41-53-125-65-71-131-59-47-119-35-23-95-83(105)19-31-115-43-55-127-67-73-135-63-51-123-39-27-99-89(109)87(101-91(111)137-77-79-13-9-7-10-14-79)88(102-92(112)138-78-80-15-11-8-12-16-80)90(110)100-28-40-124-52-64-136-74-68-128-56-44-116-32-20-84(106)96-24-36-120-48-60-132-72-66-126-54-42-114-30-18-82(104)98-26-38-122-50-62-134-76-70-130-58-46-118-34-22-86(108)140-94(4,5)6/h7-16,87-88H,17-78H2,1-6H3,(H,95,105)(H,96,106)(H,97,103)(H,98,104)(H,99,109)(H,100,110)(H,101,111)(H,102,112)/t87-,88-/m1/s1. The smallest absolute Gasteiger partial charge is 0.408 e. The SMILES string of the molecule is CC(C)(C)OC(=O)CCOCCOCCOCCOCCNC(=O)CCOCCOCCOCCOCCNC(=O)CCOCCOCCOCCOCCNC(=O)[C@H](NC(=O)OCc1ccccc1)[C@@H](NC(=O)OCc1ccccc1)C(=O)NCCOCCOCCOCCOCCC(=O)NCCOCCOCCOCCOCCC(=O)NCCOCCOCCOCCOCCC(=O)OC(C)(C)C. The van der Waals surface area contributed by atoms with Gasteiger partial charge >= 0.3 is 24.1 Å². The molecule has 0 heterocycles. The summed E-state index contributed by atoms with van der Waals surface area (Å²) in [6.45, 7) is 26.4. The molecule has 0 spiro atoms. The normalized spacial score (nSPS) is 11.9. The van der Waals surface area contributed by atoms with Crippen molar-refractivity contribution in [3.63, 3.8) is 0 Å². The molecule has 0 aliphatic heterocycles. The van der Waals surface area contributed by atoms with Gasteiger partial charge in [-0.05, 0) is 52.7 Å². The zero-order chi connectivity index (χ0) is 101. The van der Waals surface area contributed by atoms with Crippen molar-refractivity contribution in [3.05, 3.63) is 71.8 Å². The highest BCUT2D eigenvalue weighted by Gasteiger charge is 2.37. The summed E-state index contributed by atoms with van der Waals surface area (Å²) >= 11 is 0. The molecule has 0 bridgehead atoms. The van der Waals surface area contributed by atoms with Crippen LogP contribution < -0.4 is 42.5 Å². The second-order valence-electron chi connectivity index (χ2n) is 31.7. The highest BCUT2D eigenvalue weighted by atomic mass is 16.6. The van der Waals surface area contributed by atoms with Crippen LogP contribution in [0.15, 0.2) is 60.7 Å². The summed E-state index contributed by atoms with van der Waals surface area (Å²) in [6.07, 6.45) is -0.987. The average Bonchev–Trinajstić information content (AvgIpc) is 0.841. The molecular formula is C94H162N8O38. The first-order chi connectivity index (χ1) is 68.1. The van der Waals surface area contributed by atoms with E-state index in [0.29, 0.717) is 222 Å². The summed E-state index contributed by atoms with van der Waals surface area (Å²) in [6, 6.07) is 14.1. The number of ether oxygens (including phenoxy) is 28. The number of amides is 8. The van der Waals surface area contributed by atoms with E-state index in [1.165, 1.54) is 0 Å². The third kappa shape index (κ3) is 88.7. The van der Waals surface area contributed by atoms with Crippen LogP contribution in [-0.4, -0.2) is 439 Å². The van der Waals surface area contributed by atoms with Gasteiger partial charge in [0.2, 0.25) is 35.4 Å². The Hall–Kier alpha value is -8.22.